The Morgan fingerprint density at radius 2 is 1.53 bits per heavy atom. The Hall–Kier alpha value is -2.95. The summed E-state index contributed by atoms with van der Waals surface area (Å²) in [5.41, 5.74) is 5.08. The number of aromatic nitrogens is 2. The van der Waals surface area contributed by atoms with Crippen LogP contribution in [0.25, 0.3) is 11.0 Å². The summed E-state index contributed by atoms with van der Waals surface area (Å²) in [6.45, 7) is 11.0. The molecule has 1 saturated heterocycles. The fourth-order valence-corrected chi connectivity index (χ4v) is 6.55. The van der Waals surface area contributed by atoms with Gasteiger partial charge in [-0.05, 0) is 75.1 Å². The van der Waals surface area contributed by atoms with Crippen LogP contribution in [0.4, 0.5) is 5.69 Å². The number of carbonyl (C=O) groups is 1. The second-order valence-electron chi connectivity index (χ2n) is 9.03. The van der Waals surface area contributed by atoms with Gasteiger partial charge in [0.1, 0.15) is 0 Å². The number of anilines is 1. The van der Waals surface area contributed by atoms with Gasteiger partial charge in [0.15, 0.2) is 0 Å². The average molecular weight is 486 g/mol. The number of hydrogen-bond acceptors (Lipinski definition) is 5. The SMILES string of the molecule is Cc1cc(C)c(C)c(S(=O)(=O)N2CCN(C(C)C(=O)Nc3ccc4[nH]c(=O)[nH]c4c3)CC2)c1C. The molecule has 1 aliphatic heterocycles. The van der Waals surface area contributed by atoms with E-state index in [1.165, 1.54) is 4.31 Å². The van der Waals surface area contributed by atoms with Crippen LogP contribution in [0.5, 0.6) is 0 Å². The lowest BCUT2D eigenvalue weighted by Gasteiger charge is -2.37. The van der Waals surface area contributed by atoms with Crippen LogP contribution >= 0.6 is 0 Å². The van der Waals surface area contributed by atoms with E-state index in [0.29, 0.717) is 47.8 Å². The van der Waals surface area contributed by atoms with E-state index in [1.807, 2.05) is 45.6 Å². The number of aryl methyl sites for hydroxylation is 2. The molecule has 9 nitrogen and oxygen atoms in total. The van der Waals surface area contributed by atoms with E-state index >= 15 is 0 Å². The summed E-state index contributed by atoms with van der Waals surface area (Å²) in [5, 5.41) is 2.89. The van der Waals surface area contributed by atoms with Crippen LogP contribution in [0.2, 0.25) is 0 Å². The van der Waals surface area contributed by atoms with Crippen LogP contribution < -0.4 is 11.0 Å². The number of rotatable bonds is 5. The summed E-state index contributed by atoms with van der Waals surface area (Å²) in [6.07, 6.45) is 0. The third-order valence-electron chi connectivity index (χ3n) is 6.88. The van der Waals surface area contributed by atoms with Crippen molar-refractivity contribution >= 4 is 32.7 Å². The number of amides is 1. The Morgan fingerprint density at radius 1 is 0.941 bits per heavy atom. The van der Waals surface area contributed by atoms with Crippen molar-refractivity contribution in [2.75, 3.05) is 31.5 Å². The van der Waals surface area contributed by atoms with E-state index in [9.17, 15) is 18.0 Å². The Bertz CT molecular complexity index is 1390. The zero-order valence-electron chi connectivity index (χ0n) is 20.2. The lowest BCUT2D eigenvalue weighted by molar-refractivity contribution is -0.121. The molecule has 1 aliphatic rings. The van der Waals surface area contributed by atoms with Crippen LogP contribution in [0, 0.1) is 27.7 Å². The fourth-order valence-electron chi connectivity index (χ4n) is 4.55. The molecule has 1 aromatic heterocycles. The third-order valence-corrected chi connectivity index (χ3v) is 9.05. The maximum absolute atomic E-state index is 13.5. The highest BCUT2D eigenvalue weighted by Crippen LogP contribution is 2.29. The molecule has 1 unspecified atom stereocenters. The summed E-state index contributed by atoms with van der Waals surface area (Å²) < 4.78 is 28.5. The highest BCUT2D eigenvalue weighted by Gasteiger charge is 2.34. The van der Waals surface area contributed by atoms with Crippen molar-refractivity contribution in [1.29, 1.82) is 0 Å². The minimum atomic E-state index is -3.63. The molecule has 10 heteroatoms. The molecular formula is C24H31N5O4S. The zero-order valence-corrected chi connectivity index (χ0v) is 21.0. The lowest BCUT2D eigenvalue weighted by atomic mass is 10.0. The van der Waals surface area contributed by atoms with Gasteiger partial charge in [-0.15, -0.1) is 0 Å². The van der Waals surface area contributed by atoms with Gasteiger partial charge >= 0.3 is 5.69 Å². The first kappa shape index (κ1) is 24.2. The molecule has 0 spiro atoms. The van der Waals surface area contributed by atoms with Crippen molar-refractivity contribution in [3.8, 4) is 0 Å². The van der Waals surface area contributed by atoms with Crippen molar-refractivity contribution < 1.29 is 13.2 Å². The highest BCUT2D eigenvalue weighted by atomic mass is 32.2. The molecule has 2 heterocycles. The van der Waals surface area contributed by atoms with Gasteiger partial charge in [0.05, 0.1) is 22.0 Å². The molecule has 34 heavy (non-hydrogen) atoms. The average Bonchev–Trinajstić information content (AvgIpc) is 3.16. The topological polar surface area (TPSA) is 118 Å². The molecule has 3 aromatic rings. The van der Waals surface area contributed by atoms with E-state index in [4.69, 9.17) is 0 Å². The number of nitrogens with zero attached hydrogens (tertiary/aromatic N) is 2. The molecule has 3 N–H and O–H groups in total. The van der Waals surface area contributed by atoms with Gasteiger partial charge in [-0.25, -0.2) is 13.2 Å². The van der Waals surface area contributed by atoms with Gasteiger partial charge in [0.25, 0.3) is 0 Å². The normalized spacial score (nSPS) is 16.6. The Kier molecular flexibility index (Phi) is 6.41. The lowest BCUT2D eigenvalue weighted by Crippen LogP contribution is -2.54. The van der Waals surface area contributed by atoms with E-state index < -0.39 is 16.1 Å². The molecule has 1 atom stereocenters. The first-order valence-corrected chi connectivity index (χ1v) is 12.8. The molecule has 1 amide bonds. The molecule has 0 aliphatic carbocycles. The number of imidazole rings is 1. The first-order valence-electron chi connectivity index (χ1n) is 11.3. The molecular weight excluding hydrogens is 454 g/mol. The van der Waals surface area contributed by atoms with Crippen molar-refractivity contribution in [3.05, 3.63) is 57.0 Å². The van der Waals surface area contributed by atoms with E-state index in [1.54, 1.807) is 18.2 Å². The summed E-state index contributed by atoms with van der Waals surface area (Å²) >= 11 is 0. The van der Waals surface area contributed by atoms with Gasteiger partial charge < -0.3 is 15.3 Å². The molecule has 0 bridgehead atoms. The third kappa shape index (κ3) is 4.40. The number of piperazine rings is 1. The Balaban J connectivity index is 1.43. The second-order valence-corrected chi connectivity index (χ2v) is 10.9. The molecule has 182 valence electrons. The predicted octanol–water partition coefficient (Wildman–Crippen LogP) is 2.42. The fraction of sp³-hybridized carbons (Fsp3) is 0.417. The van der Waals surface area contributed by atoms with Crippen LogP contribution in [0.1, 0.15) is 29.2 Å². The number of H-pyrrole nitrogens is 2. The van der Waals surface area contributed by atoms with Gasteiger partial charge in [0.2, 0.25) is 15.9 Å². The Morgan fingerprint density at radius 3 is 2.15 bits per heavy atom. The monoisotopic (exact) mass is 485 g/mol. The summed E-state index contributed by atoms with van der Waals surface area (Å²) in [4.78, 5) is 32.0. The second kappa shape index (κ2) is 9.01. The maximum atomic E-state index is 13.5. The van der Waals surface area contributed by atoms with Gasteiger partial charge in [-0.1, -0.05) is 6.07 Å². The number of carbonyl (C=O) groups excluding carboxylic acids is 1. The molecule has 0 saturated carbocycles. The Labute approximate surface area is 199 Å². The number of hydrogen-bond donors (Lipinski definition) is 3. The molecule has 4 rings (SSSR count). The van der Waals surface area contributed by atoms with E-state index in [0.717, 1.165) is 22.3 Å². The highest BCUT2D eigenvalue weighted by molar-refractivity contribution is 7.89. The molecule has 2 aromatic carbocycles. The van der Waals surface area contributed by atoms with E-state index in [2.05, 4.69) is 15.3 Å². The molecule has 0 radical (unpaired) electrons. The number of benzene rings is 2. The number of fused-ring (bicyclic) bond motifs is 1. The smallest absolute Gasteiger partial charge is 0.323 e. The van der Waals surface area contributed by atoms with Crippen LogP contribution in [-0.2, 0) is 14.8 Å². The zero-order chi connectivity index (χ0) is 24.8. The predicted molar refractivity (Wildman–Crippen MR) is 133 cm³/mol. The molecule has 1 fully saturated rings. The first-order chi connectivity index (χ1) is 16.0. The van der Waals surface area contributed by atoms with Crippen LogP contribution in [0.3, 0.4) is 0 Å². The van der Waals surface area contributed by atoms with Crippen LogP contribution in [0.15, 0.2) is 34.0 Å². The minimum absolute atomic E-state index is 0.186. The largest absolute Gasteiger partial charge is 0.325 e. The summed E-state index contributed by atoms with van der Waals surface area (Å²) in [7, 11) is -3.63. The van der Waals surface area contributed by atoms with Crippen molar-refractivity contribution in [1.82, 2.24) is 19.2 Å². The van der Waals surface area contributed by atoms with E-state index in [-0.39, 0.29) is 11.6 Å². The number of nitrogens with one attached hydrogen (secondary N) is 3. The standard InChI is InChI=1S/C24H31N5O4S/c1-14-12-15(2)17(4)22(16(14)3)34(32,33)29-10-8-28(9-11-29)18(5)23(30)25-19-6-7-20-21(13-19)27-24(31)26-20/h6-7,12-13,18H,8-11H2,1-5H3,(H,25,30)(H2,26,27,31). The quantitative estimate of drug-likeness (QED) is 0.513. The number of sulfonamides is 1. The van der Waals surface area contributed by atoms with Crippen molar-refractivity contribution in [3.63, 3.8) is 0 Å². The minimum Gasteiger partial charge on any atom is -0.325 e. The van der Waals surface area contributed by atoms with Crippen molar-refractivity contribution in [2.45, 2.75) is 45.6 Å². The van der Waals surface area contributed by atoms with Crippen molar-refractivity contribution in [2.24, 2.45) is 0 Å². The maximum Gasteiger partial charge on any atom is 0.323 e. The summed E-state index contributed by atoms with van der Waals surface area (Å²) in [5.74, 6) is -0.186. The van der Waals surface area contributed by atoms with Gasteiger partial charge in [-0.3, -0.25) is 9.69 Å². The van der Waals surface area contributed by atoms with Gasteiger partial charge in [-0.2, -0.15) is 4.31 Å². The summed E-state index contributed by atoms with van der Waals surface area (Å²) in [6, 6.07) is 6.75. The number of aromatic amines is 2. The van der Waals surface area contributed by atoms with Gasteiger partial charge in [0, 0.05) is 31.9 Å². The van der Waals surface area contributed by atoms with Crippen LogP contribution in [-0.4, -0.2) is 65.7 Å².